The van der Waals surface area contributed by atoms with Crippen LogP contribution in [0.4, 0.5) is 18.9 Å². The molecule has 204 valence electrons. The van der Waals surface area contributed by atoms with Crippen LogP contribution in [0.1, 0.15) is 47.7 Å². The SMILES string of the molecule is CC1=C(CCCCN2CCN(C(=O)c3cccc(Cl)c3)CC2)C(=O)N(c2ccc(C#N)c(C(F)(F)F)c2)C1=O. The van der Waals surface area contributed by atoms with Crippen LogP contribution in [0.15, 0.2) is 53.6 Å². The maximum atomic E-state index is 13.4. The van der Waals surface area contributed by atoms with Gasteiger partial charge in [0.1, 0.15) is 0 Å². The molecule has 39 heavy (non-hydrogen) atoms. The fourth-order valence-electron chi connectivity index (χ4n) is 4.83. The van der Waals surface area contributed by atoms with E-state index in [4.69, 9.17) is 16.9 Å². The number of imide groups is 1. The van der Waals surface area contributed by atoms with Crippen LogP contribution < -0.4 is 4.90 Å². The van der Waals surface area contributed by atoms with Crippen molar-refractivity contribution in [2.45, 2.75) is 32.4 Å². The van der Waals surface area contributed by atoms with Gasteiger partial charge in [-0.25, -0.2) is 4.90 Å². The van der Waals surface area contributed by atoms with Crippen LogP contribution in [-0.2, 0) is 15.8 Å². The third-order valence-electron chi connectivity index (χ3n) is 7.01. The number of rotatable bonds is 7. The molecule has 2 aromatic carbocycles. The molecule has 0 saturated carbocycles. The fraction of sp³-hybridized carbons (Fsp3) is 0.357. The molecule has 1 fully saturated rings. The zero-order valence-electron chi connectivity index (χ0n) is 21.2. The minimum absolute atomic E-state index is 0.0573. The molecule has 0 N–H and O–H groups in total. The Morgan fingerprint density at radius 1 is 1.03 bits per heavy atom. The van der Waals surface area contributed by atoms with Gasteiger partial charge in [0.25, 0.3) is 17.7 Å². The molecule has 3 amide bonds. The number of carbonyl (C=O) groups is 3. The number of nitriles is 1. The second-order valence-electron chi connectivity index (χ2n) is 9.49. The van der Waals surface area contributed by atoms with E-state index in [2.05, 4.69) is 4.90 Å². The Labute approximate surface area is 229 Å². The van der Waals surface area contributed by atoms with E-state index < -0.39 is 29.1 Å². The number of benzene rings is 2. The van der Waals surface area contributed by atoms with Crippen LogP contribution in [0.5, 0.6) is 0 Å². The molecule has 2 heterocycles. The number of unbranched alkanes of at least 4 members (excludes halogenated alkanes) is 1. The third kappa shape index (κ3) is 6.15. The predicted octanol–water partition coefficient (Wildman–Crippen LogP) is 5.05. The number of hydrogen-bond acceptors (Lipinski definition) is 5. The lowest BCUT2D eigenvalue weighted by molar-refractivity contribution is -0.138. The van der Waals surface area contributed by atoms with E-state index in [0.717, 1.165) is 23.9 Å². The second kappa shape index (κ2) is 11.6. The third-order valence-corrected chi connectivity index (χ3v) is 7.24. The summed E-state index contributed by atoms with van der Waals surface area (Å²) in [6, 6.07) is 11.2. The first-order valence-electron chi connectivity index (χ1n) is 12.5. The first-order chi connectivity index (χ1) is 18.5. The smallest absolute Gasteiger partial charge is 0.336 e. The largest absolute Gasteiger partial charge is 0.417 e. The van der Waals surface area contributed by atoms with Gasteiger partial charge in [-0.2, -0.15) is 18.4 Å². The zero-order chi connectivity index (χ0) is 28.3. The van der Waals surface area contributed by atoms with Crippen LogP contribution in [0.3, 0.4) is 0 Å². The Hall–Kier alpha value is -3.68. The normalized spacial score (nSPS) is 16.7. The van der Waals surface area contributed by atoms with Crippen molar-refractivity contribution < 1.29 is 27.6 Å². The van der Waals surface area contributed by atoms with Gasteiger partial charge in [-0.05, 0) is 69.1 Å². The lowest BCUT2D eigenvalue weighted by Crippen LogP contribution is -2.48. The van der Waals surface area contributed by atoms with E-state index >= 15 is 0 Å². The summed E-state index contributed by atoms with van der Waals surface area (Å²) < 4.78 is 40.2. The molecule has 0 unspecified atom stereocenters. The van der Waals surface area contributed by atoms with Crippen LogP contribution in [-0.4, -0.2) is 60.2 Å². The summed E-state index contributed by atoms with van der Waals surface area (Å²) in [7, 11) is 0. The Balaban J connectivity index is 1.29. The Bertz CT molecular complexity index is 1370. The van der Waals surface area contributed by atoms with Crippen LogP contribution >= 0.6 is 11.6 Å². The summed E-state index contributed by atoms with van der Waals surface area (Å²) in [6.45, 7) is 4.84. The number of hydrogen-bond donors (Lipinski definition) is 0. The van der Waals surface area contributed by atoms with E-state index in [9.17, 15) is 27.6 Å². The first kappa shape index (κ1) is 28.3. The highest BCUT2D eigenvalue weighted by atomic mass is 35.5. The van der Waals surface area contributed by atoms with Crippen molar-refractivity contribution in [2.75, 3.05) is 37.6 Å². The lowest BCUT2D eigenvalue weighted by Gasteiger charge is -2.34. The molecule has 11 heteroatoms. The number of halogens is 4. The van der Waals surface area contributed by atoms with Crippen molar-refractivity contribution in [1.82, 2.24) is 9.80 Å². The Kier molecular flexibility index (Phi) is 8.42. The first-order valence-corrected chi connectivity index (χ1v) is 12.9. The minimum Gasteiger partial charge on any atom is -0.336 e. The van der Waals surface area contributed by atoms with Gasteiger partial charge in [-0.15, -0.1) is 0 Å². The lowest BCUT2D eigenvalue weighted by atomic mass is 10.0. The quantitative estimate of drug-likeness (QED) is 0.351. The molecule has 0 aromatic heterocycles. The maximum absolute atomic E-state index is 13.4. The molecule has 2 aromatic rings. The number of nitrogens with zero attached hydrogens (tertiary/aromatic N) is 4. The van der Waals surface area contributed by atoms with Gasteiger partial charge in [0.15, 0.2) is 0 Å². The Morgan fingerprint density at radius 3 is 2.38 bits per heavy atom. The standard InChI is InChI=1S/C28H26ClF3N4O3/c1-18-23(27(39)36(25(18)37)22-9-8-20(17-33)24(16-22)28(30,31)32)7-2-3-10-34-11-13-35(14-12-34)26(38)19-5-4-6-21(29)15-19/h4-6,8-9,15-16H,2-3,7,10-14H2,1H3. The van der Waals surface area contributed by atoms with Crippen molar-refractivity contribution in [2.24, 2.45) is 0 Å². The van der Waals surface area contributed by atoms with E-state index in [1.165, 1.54) is 19.1 Å². The molecule has 0 atom stereocenters. The van der Waals surface area contributed by atoms with Crippen molar-refractivity contribution in [3.8, 4) is 6.07 Å². The molecule has 0 bridgehead atoms. The molecular formula is C28H26ClF3N4O3. The fourth-order valence-corrected chi connectivity index (χ4v) is 5.02. The van der Waals surface area contributed by atoms with Crippen molar-refractivity contribution in [3.05, 3.63) is 75.3 Å². The Morgan fingerprint density at radius 2 is 1.74 bits per heavy atom. The van der Waals surface area contributed by atoms with E-state index in [-0.39, 0.29) is 22.7 Å². The molecular weight excluding hydrogens is 533 g/mol. The summed E-state index contributed by atoms with van der Waals surface area (Å²) in [5.41, 5.74) is -0.926. The molecule has 0 spiro atoms. The topological polar surface area (TPSA) is 84.7 Å². The maximum Gasteiger partial charge on any atom is 0.417 e. The van der Waals surface area contributed by atoms with Gasteiger partial charge in [0, 0.05) is 47.9 Å². The predicted molar refractivity (Wildman–Crippen MR) is 139 cm³/mol. The van der Waals surface area contributed by atoms with Gasteiger partial charge in [-0.1, -0.05) is 17.7 Å². The van der Waals surface area contributed by atoms with Crippen LogP contribution in [0, 0.1) is 11.3 Å². The van der Waals surface area contributed by atoms with Gasteiger partial charge < -0.3 is 4.90 Å². The second-order valence-corrected chi connectivity index (χ2v) is 9.93. The number of piperazine rings is 1. The zero-order valence-corrected chi connectivity index (χ0v) is 22.0. The number of anilines is 1. The monoisotopic (exact) mass is 558 g/mol. The number of carbonyl (C=O) groups excluding carboxylic acids is 3. The van der Waals surface area contributed by atoms with Gasteiger partial charge in [-0.3, -0.25) is 19.3 Å². The number of amides is 3. The molecule has 4 rings (SSSR count). The van der Waals surface area contributed by atoms with Gasteiger partial charge in [0.05, 0.1) is 22.9 Å². The highest BCUT2D eigenvalue weighted by Crippen LogP contribution is 2.37. The van der Waals surface area contributed by atoms with Gasteiger partial charge in [0.2, 0.25) is 0 Å². The highest BCUT2D eigenvalue weighted by molar-refractivity contribution is 6.32. The van der Waals surface area contributed by atoms with Crippen molar-refractivity contribution in [1.29, 1.82) is 5.26 Å². The van der Waals surface area contributed by atoms with E-state index in [1.54, 1.807) is 29.2 Å². The summed E-state index contributed by atoms with van der Waals surface area (Å²) in [4.78, 5) is 43.3. The average Bonchev–Trinajstić information content (AvgIpc) is 3.12. The summed E-state index contributed by atoms with van der Waals surface area (Å²) in [5, 5.41) is 9.52. The van der Waals surface area contributed by atoms with E-state index in [0.29, 0.717) is 55.7 Å². The minimum atomic E-state index is -4.80. The molecule has 0 radical (unpaired) electrons. The van der Waals surface area contributed by atoms with Crippen molar-refractivity contribution in [3.63, 3.8) is 0 Å². The van der Waals surface area contributed by atoms with Crippen LogP contribution in [0.2, 0.25) is 5.02 Å². The highest BCUT2D eigenvalue weighted by Gasteiger charge is 2.39. The van der Waals surface area contributed by atoms with E-state index in [1.807, 2.05) is 0 Å². The summed E-state index contributed by atoms with van der Waals surface area (Å²) in [6.07, 6.45) is -3.12. The average molecular weight is 559 g/mol. The molecule has 2 aliphatic rings. The summed E-state index contributed by atoms with van der Waals surface area (Å²) in [5.74, 6) is -1.35. The van der Waals surface area contributed by atoms with Crippen LogP contribution in [0.25, 0.3) is 0 Å². The molecule has 2 aliphatic heterocycles. The number of alkyl halides is 3. The molecule has 7 nitrogen and oxygen atoms in total. The van der Waals surface area contributed by atoms with Crippen molar-refractivity contribution >= 4 is 35.0 Å². The molecule has 1 saturated heterocycles. The summed E-state index contributed by atoms with van der Waals surface area (Å²) >= 11 is 5.99. The molecule has 0 aliphatic carbocycles. The van der Waals surface area contributed by atoms with Gasteiger partial charge >= 0.3 is 6.18 Å².